The van der Waals surface area contributed by atoms with Crippen molar-refractivity contribution in [3.05, 3.63) is 35.5 Å². The van der Waals surface area contributed by atoms with Gasteiger partial charge in [-0.05, 0) is 26.8 Å². The maximum atomic E-state index is 13.0. The molecular formula is C20H21N3O3. The molecule has 0 spiro atoms. The van der Waals surface area contributed by atoms with Gasteiger partial charge in [-0.3, -0.25) is 14.4 Å². The van der Waals surface area contributed by atoms with Crippen molar-refractivity contribution in [3.8, 4) is 6.07 Å². The molecule has 1 saturated heterocycles. The average Bonchev–Trinajstić information content (AvgIpc) is 3.14. The number of benzene rings is 1. The van der Waals surface area contributed by atoms with Crippen LogP contribution in [0.4, 0.5) is 0 Å². The van der Waals surface area contributed by atoms with Crippen LogP contribution in [-0.2, 0) is 9.59 Å². The van der Waals surface area contributed by atoms with E-state index in [0.29, 0.717) is 16.6 Å². The number of H-pyrrole nitrogens is 1. The van der Waals surface area contributed by atoms with Crippen LogP contribution in [0.15, 0.2) is 24.3 Å². The number of aryl methyl sites for hydroxylation is 1. The van der Waals surface area contributed by atoms with Gasteiger partial charge in [-0.15, -0.1) is 0 Å². The Morgan fingerprint density at radius 2 is 2.00 bits per heavy atom. The lowest BCUT2D eigenvalue weighted by molar-refractivity contribution is -0.129. The number of ketones is 2. The second-order valence-corrected chi connectivity index (χ2v) is 7.04. The molecule has 2 aromatic rings. The second-order valence-electron chi connectivity index (χ2n) is 7.04. The van der Waals surface area contributed by atoms with E-state index in [4.69, 9.17) is 0 Å². The summed E-state index contributed by atoms with van der Waals surface area (Å²) in [6, 6.07) is 9.17. The Morgan fingerprint density at radius 1 is 1.31 bits per heavy atom. The van der Waals surface area contributed by atoms with E-state index in [1.165, 1.54) is 0 Å². The number of likely N-dealkylation sites (tertiary alicyclic amines) is 1. The Labute approximate surface area is 151 Å². The largest absolute Gasteiger partial charge is 0.358 e. The van der Waals surface area contributed by atoms with Crippen LogP contribution >= 0.6 is 0 Å². The minimum absolute atomic E-state index is 0.00704. The van der Waals surface area contributed by atoms with Crippen molar-refractivity contribution in [2.75, 3.05) is 6.54 Å². The number of amides is 1. The molecule has 0 bridgehead atoms. The summed E-state index contributed by atoms with van der Waals surface area (Å²) in [7, 11) is 0. The molecule has 2 atom stereocenters. The number of nitriles is 1. The van der Waals surface area contributed by atoms with Gasteiger partial charge in [0.15, 0.2) is 17.5 Å². The van der Waals surface area contributed by atoms with Gasteiger partial charge in [-0.1, -0.05) is 18.2 Å². The van der Waals surface area contributed by atoms with E-state index in [-0.39, 0.29) is 24.9 Å². The molecule has 0 aliphatic carbocycles. The number of carbonyl (C=O) groups is 3. The summed E-state index contributed by atoms with van der Waals surface area (Å²) in [5.41, 5.74) is 1.81. The zero-order valence-corrected chi connectivity index (χ0v) is 15.1. The molecule has 1 amide bonds. The number of hydrogen-bond donors (Lipinski definition) is 1. The molecule has 1 fully saturated rings. The normalized spacial score (nSPS) is 18.3. The van der Waals surface area contributed by atoms with Crippen LogP contribution in [0.3, 0.4) is 0 Å². The number of rotatable bonds is 5. The molecule has 2 heterocycles. The van der Waals surface area contributed by atoms with Gasteiger partial charge in [-0.2, -0.15) is 5.26 Å². The lowest BCUT2D eigenvalue weighted by atomic mass is 9.86. The molecule has 26 heavy (non-hydrogen) atoms. The number of Topliss-reactive ketones (excluding diaryl/α,β-unsaturated/α-hetero) is 2. The van der Waals surface area contributed by atoms with Gasteiger partial charge in [-0.25, -0.2) is 0 Å². The average molecular weight is 351 g/mol. The first-order chi connectivity index (χ1) is 12.3. The number of aromatic amines is 1. The van der Waals surface area contributed by atoms with Gasteiger partial charge in [0.25, 0.3) is 0 Å². The van der Waals surface area contributed by atoms with Crippen molar-refractivity contribution >= 4 is 28.4 Å². The Kier molecular flexibility index (Phi) is 4.64. The first-order valence-corrected chi connectivity index (χ1v) is 8.69. The molecule has 1 aliphatic rings. The topological polar surface area (TPSA) is 94.0 Å². The number of nitrogens with zero attached hydrogens (tertiary/aromatic N) is 2. The van der Waals surface area contributed by atoms with Crippen molar-refractivity contribution in [1.82, 2.24) is 9.88 Å². The number of fused-ring (bicyclic) bond motifs is 1. The number of hydrogen-bond acceptors (Lipinski definition) is 4. The van der Waals surface area contributed by atoms with Crippen molar-refractivity contribution in [2.45, 2.75) is 33.2 Å². The van der Waals surface area contributed by atoms with Crippen LogP contribution in [-0.4, -0.2) is 39.9 Å². The molecule has 6 nitrogen and oxygen atoms in total. The SMILES string of the molecule is Cc1[nH]c2ccccc2c1C(=O)[C@H](C#N)C(=O)[C@@H]1CC(=O)N(C(C)C)C1. The van der Waals surface area contributed by atoms with Crippen molar-refractivity contribution in [1.29, 1.82) is 5.26 Å². The molecule has 6 heteroatoms. The molecule has 1 aromatic carbocycles. The zero-order valence-electron chi connectivity index (χ0n) is 15.1. The minimum Gasteiger partial charge on any atom is -0.358 e. The molecule has 1 aromatic heterocycles. The van der Waals surface area contributed by atoms with Crippen LogP contribution in [0.2, 0.25) is 0 Å². The van der Waals surface area contributed by atoms with Gasteiger partial charge in [0, 0.05) is 47.1 Å². The first-order valence-electron chi connectivity index (χ1n) is 8.69. The van der Waals surface area contributed by atoms with Crippen LogP contribution in [0, 0.1) is 30.1 Å². The monoisotopic (exact) mass is 351 g/mol. The summed E-state index contributed by atoms with van der Waals surface area (Å²) in [6.45, 7) is 5.79. The van der Waals surface area contributed by atoms with Gasteiger partial charge >= 0.3 is 0 Å². The number of para-hydroxylation sites is 1. The van der Waals surface area contributed by atoms with E-state index in [0.717, 1.165) is 5.52 Å². The Hall–Kier alpha value is -2.94. The Balaban J connectivity index is 1.90. The van der Waals surface area contributed by atoms with Crippen LogP contribution in [0.1, 0.15) is 36.3 Å². The summed E-state index contributed by atoms with van der Waals surface area (Å²) in [4.78, 5) is 42.7. The van der Waals surface area contributed by atoms with Gasteiger partial charge in [0.05, 0.1) is 6.07 Å². The number of aromatic nitrogens is 1. The highest BCUT2D eigenvalue weighted by Crippen LogP contribution is 2.28. The molecule has 1 aliphatic heterocycles. The van der Waals surface area contributed by atoms with E-state index >= 15 is 0 Å². The minimum atomic E-state index is -1.39. The highest BCUT2D eigenvalue weighted by molar-refractivity contribution is 6.19. The fourth-order valence-corrected chi connectivity index (χ4v) is 3.65. The molecular weight excluding hydrogens is 330 g/mol. The summed E-state index contributed by atoms with van der Waals surface area (Å²) >= 11 is 0. The molecule has 0 saturated carbocycles. The number of nitrogens with one attached hydrogen (secondary N) is 1. The molecule has 0 unspecified atom stereocenters. The zero-order chi connectivity index (χ0) is 19.0. The number of carbonyl (C=O) groups excluding carboxylic acids is 3. The van der Waals surface area contributed by atoms with Crippen LogP contribution in [0.5, 0.6) is 0 Å². The van der Waals surface area contributed by atoms with Gasteiger partial charge in [0.1, 0.15) is 0 Å². The van der Waals surface area contributed by atoms with E-state index in [1.807, 2.05) is 38.1 Å². The van der Waals surface area contributed by atoms with Crippen molar-refractivity contribution in [2.24, 2.45) is 11.8 Å². The maximum Gasteiger partial charge on any atom is 0.223 e. The van der Waals surface area contributed by atoms with Crippen LogP contribution in [0.25, 0.3) is 10.9 Å². The predicted octanol–water partition coefficient (Wildman–Crippen LogP) is 2.62. The van der Waals surface area contributed by atoms with Gasteiger partial charge < -0.3 is 9.88 Å². The second kappa shape index (κ2) is 6.75. The highest BCUT2D eigenvalue weighted by atomic mass is 16.2. The lowest BCUT2D eigenvalue weighted by Crippen LogP contribution is -2.34. The fraction of sp³-hybridized carbons (Fsp3) is 0.400. The molecule has 1 N–H and O–H groups in total. The molecule has 3 rings (SSSR count). The summed E-state index contributed by atoms with van der Waals surface area (Å²) in [5, 5.41) is 10.2. The standard InChI is InChI=1S/C20H21N3O3/c1-11(2)23-10-13(8-17(23)24)19(25)15(9-21)20(26)18-12(3)22-16-7-5-4-6-14(16)18/h4-7,11,13,15,22H,8,10H2,1-3H3/t13-,15-/m1/s1. The van der Waals surface area contributed by atoms with E-state index < -0.39 is 23.4 Å². The van der Waals surface area contributed by atoms with E-state index in [1.54, 1.807) is 17.9 Å². The smallest absolute Gasteiger partial charge is 0.223 e. The fourth-order valence-electron chi connectivity index (χ4n) is 3.65. The highest BCUT2D eigenvalue weighted by Gasteiger charge is 2.41. The molecule has 134 valence electrons. The lowest BCUT2D eigenvalue weighted by Gasteiger charge is -2.21. The first kappa shape index (κ1) is 17.9. The van der Waals surface area contributed by atoms with Gasteiger partial charge in [0.2, 0.25) is 5.91 Å². The van der Waals surface area contributed by atoms with Crippen molar-refractivity contribution < 1.29 is 14.4 Å². The third-order valence-corrected chi connectivity index (χ3v) is 5.00. The summed E-state index contributed by atoms with van der Waals surface area (Å²) in [6.07, 6.45) is 0.0648. The Morgan fingerprint density at radius 3 is 2.62 bits per heavy atom. The van der Waals surface area contributed by atoms with Crippen LogP contribution < -0.4 is 0 Å². The summed E-state index contributed by atoms with van der Waals surface area (Å²) < 4.78 is 0. The Bertz CT molecular complexity index is 935. The summed E-state index contributed by atoms with van der Waals surface area (Å²) in [5.74, 6) is -3.06. The van der Waals surface area contributed by atoms with E-state index in [2.05, 4.69) is 4.98 Å². The third kappa shape index (κ3) is 2.90. The third-order valence-electron chi connectivity index (χ3n) is 5.00. The predicted molar refractivity (Wildman–Crippen MR) is 96.4 cm³/mol. The maximum absolute atomic E-state index is 13.0. The molecule has 0 radical (unpaired) electrons. The van der Waals surface area contributed by atoms with E-state index in [9.17, 15) is 19.6 Å². The quantitative estimate of drug-likeness (QED) is 0.662. The van der Waals surface area contributed by atoms with Crippen molar-refractivity contribution in [3.63, 3.8) is 0 Å².